The van der Waals surface area contributed by atoms with Crippen molar-refractivity contribution in [1.29, 1.82) is 0 Å². The van der Waals surface area contributed by atoms with E-state index in [0.29, 0.717) is 13.0 Å². The van der Waals surface area contributed by atoms with Gasteiger partial charge in [-0.05, 0) is 12.8 Å². The minimum absolute atomic E-state index is 0.180. The van der Waals surface area contributed by atoms with Crippen molar-refractivity contribution in [2.24, 2.45) is 0 Å². The number of carbonyl (C=O) groups is 2. The van der Waals surface area contributed by atoms with E-state index in [4.69, 9.17) is 4.74 Å². The predicted molar refractivity (Wildman–Crippen MR) is 51.6 cm³/mol. The molecular formula is C10H17NO3. The van der Waals surface area contributed by atoms with Gasteiger partial charge in [0.1, 0.15) is 0 Å². The van der Waals surface area contributed by atoms with E-state index in [1.165, 1.54) is 0 Å². The topological polar surface area (TPSA) is 55.4 Å². The molecule has 0 bridgehead atoms. The van der Waals surface area contributed by atoms with Crippen LogP contribution >= 0.6 is 0 Å². The van der Waals surface area contributed by atoms with Crippen LogP contribution in [0, 0.1) is 0 Å². The lowest BCUT2D eigenvalue weighted by atomic mass is 9.96. The number of hydrogen-bond acceptors (Lipinski definition) is 3. The van der Waals surface area contributed by atoms with Crippen molar-refractivity contribution in [3.63, 3.8) is 0 Å². The van der Waals surface area contributed by atoms with Gasteiger partial charge in [0.25, 0.3) is 5.91 Å². The van der Waals surface area contributed by atoms with Crippen molar-refractivity contribution in [3.8, 4) is 0 Å². The van der Waals surface area contributed by atoms with Gasteiger partial charge in [-0.2, -0.15) is 0 Å². The molecule has 14 heavy (non-hydrogen) atoms. The Morgan fingerprint density at radius 2 is 2.07 bits per heavy atom. The van der Waals surface area contributed by atoms with Gasteiger partial charge in [-0.15, -0.1) is 0 Å². The summed E-state index contributed by atoms with van der Waals surface area (Å²) in [6.45, 7) is 4.49. The smallest absolute Gasteiger partial charge is 0.259 e. The molecule has 0 aromatic rings. The van der Waals surface area contributed by atoms with Crippen LogP contribution in [0.25, 0.3) is 0 Å². The molecule has 1 N–H and O–H groups in total. The SMILES string of the molecule is CCCOC1(CCC)CC(=O)NC1=O. The van der Waals surface area contributed by atoms with Crippen molar-refractivity contribution in [2.75, 3.05) is 6.61 Å². The molecule has 0 aromatic carbocycles. The molecule has 1 rings (SSSR count). The van der Waals surface area contributed by atoms with Gasteiger partial charge in [0.15, 0.2) is 5.60 Å². The largest absolute Gasteiger partial charge is 0.365 e. The maximum Gasteiger partial charge on any atom is 0.259 e. The van der Waals surface area contributed by atoms with E-state index in [1.54, 1.807) is 0 Å². The van der Waals surface area contributed by atoms with Crippen molar-refractivity contribution in [1.82, 2.24) is 5.32 Å². The van der Waals surface area contributed by atoms with E-state index in [0.717, 1.165) is 12.8 Å². The predicted octanol–water partition coefficient (Wildman–Crippen LogP) is 0.998. The van der Waals surface area contributed by atoms with Crippen LogP contribution in [0.3, 0.4) is 0 Å². The van der Waals surface area contributed by atoms with Crippen molar-refractivity contribution in [3.05, 3.63) is 0 Å². The molecule has 4 nitrogen and oxygen atoms in total. The molecular weight excluding hydrogens is 182 g/mol. The fourth-order valence-electron chi connectivity index (χ4n) is 1.72. The minimum Gasteiger partial charge on any atom is -0.365 e. The molecule has 0 saturated carbocycles. The molecule has 80 valence electrons. The summed E-state index contributed by atoms with van der Waals surface area (Å²) in [5, 5.41) is 2.30. The lowest BCUT2D eigenvalue weighted by Gasteiger charge is -2.24. The molecule has 1 fully saturated rings. The summed E-state index contributed by atoms with van der Waals surface area (Å²) in [7, 11) is 0. The van der Waals surface area contributed by atoms with E-state index < -0.39 is 5.60 Å². The van der Waals surface area contributed by atoms with Crippen LogP contribution in [0.15, 0.2) is 0 Å². The Hall–Kier alpha value is -0.900. The highest BCUT2D eigenvalue weighted by Crippen LogP contribution is 2.27. The van der Waals surface area contributed by atoms with Crippen molar-refractivity contribution < 1.29 is 14.3 Å². The molecule has 0 spiro atoms. The third kappa shape index (κ3) is 2.12. The number of imide groups is 1. The van der Waals surface area contributed by atoms with Gasteiger partial charge in [-0.25, -0.2) is 0 Å². The molecule has 4 heteroatoms. The lowest BCUT2D eigenvalue weighted by molar-refractivity contribution is -0.143. The zero-order valence-electron chi connectivity index (χ0n) is 8.76. The fraction of sp³-hybridized carbons (Fsp3) is 0.800. The van der Waals surface area contributed by atoms with Crippen molar-refractivity contribution >= 4 is 11.8 Å². The molecule has 1 heterocycles. The molecule has 0 aliphatic carbocycles. The second kappa shape index (κ2) is 4.55. The van der Waals surface area contributed by atoms with Gasteiger partial charge in [-0.3, -0.25) is 14.9 Å². The summed E-state index contributed by atoms with van der Waals surface area (Å²) in [5.41, 5.74) is -0.873. The monoisotopic (exact) mass is 199 g/mol. The molecule has 1 aliphatic rings. The second-order valence-electron chi connectivity index (χ2n) is 3.65. The van der Waals surface area contributed by atoms with Crippen LogP contribution in [0.2, 0.25) is 0 Å². The second-order valence-corrected chi connectivity index (χ2v) is 3.65. The molecule has 1 saturated heterocycles. The molecule has 1 atom stereocenters. The number of hydrogen-bond donors (Lipinski definition) is 1. The van der Waals surface area contributed by atoms with Crippen LogP contribution in [0.4, 0.5) is 0 Å². The van der Waals surface area contributed by atoms with E-state index in [9.17, 15) is 9.59 Å². The summed E-state index contributed by atoms with van der Waals surface area (Å²) < 4.78 is 5.53. The highest BCUT2D eigenvalue weighted by Gasteiger charge is 2.46. The quantitative estimate of drug-likeness (QED) is 0.672. The Morgan fingerprint density at radius 3 is 2.50 bits per heavy atom. The molecule has 2 amide bonds. The van der Waals surface area contributed by atoms with Crippen LogP contribution < -0.4 is 5.32 Å². The molecule has 1 unspecified atom stereocenters. The van der Waals surface area contributed by atoms with Gasteiger partial charge in [0.05, 0.1) is 6.42 Å². The molecule has 0 aromatic heterocycles. The fourth-order valence-corrected chi connectivity index (χ4v) is 1.72. The first kappa shape index (κ1) is 11.2. The summed E-state index contributed by atoms with van der Waals surface area (Å²) in [6.07, 6.45) is 2.49. The van der Waals surface area contributed by atoms with Crippen molar-refractivity contribution in [2.45, 2.75) is 45.1 Å². The first-order valence-electron chi connectivity index (χ1n) is 5.13. The van der Waals surface area contributed by atoms with E-state index in [1.807, 2.05) is 13.8 Å². The number of carbonyl (C=O) groups excluding carboxylic acids is 2. The maximum absolute atomic E-state index is 11.5. The van der Waals surface area contributed by atoms with Gasteiger partial charge < -0.3 is 4.74 Å². The summed E-state index contributed by atoms with van der Waals surface area (Å²) in [6, 6.07) is 0. The zero-order valence-corrected chi connectivity index (χ0v) is 8.76. The number of nitrogens with one attached hydrogen (secondary N) is 1. The Labute approximate surface area is 84.0 Å². The number of rotatable bonds is 5. The summed E-state index contributed by atoms with van der Waals surface area (Å²) in [4.78, 5) is 22.6. The van der Waals surface area contributed by atoms with E-state index in [2.05, 4.69) is 5.32 Å². The normalized spacial score (nSPS) is 26.7. The molecule has 0 radical (unpaired) electrons. The standard InChI is InChI=1S/C10H17NO3/c1-3-5-10(14-6-4-2)7-8(12)11-9(10)13/h3-7H2,1-2H3,(H,11,12,13). The summed E-state index contributed by atoms with van der Waals surface area (Å²) >= 11 is 0. The van der Waals surface area contributed by atoms with E-state index in [-0.39, 0.29) is 18.2 Å². The highest BCUT2D eigenvalue weighted by atomic mass is 16.5. The van der Waals surface area contributed by atoms with Crippen LogP contribution in [-0.4, -0.2) is 24.0 Å². The average molecular weight is 199 g/mol. The number of amides is 2. The first-order chi connectivity index (χ1) is 6.64. The summed E-state index contributed by atoms with van der Waals surface area (Å²) in [5.74, 6) is -0.489. The van der Waals surface area contributed by atoms with Gasteiger partial charge >= 0.3 is 0 Å². The van der Waals surface area contributed by atoms with Crippen LogP contribution in [-0.2, 0) is 14.3 Å². The van der Waals surface area contributed by atoms with Gasteiger partial charge in [0.2, 0.25) is 5.91 Å². The average Bonchev–Trinajstić information content (AvgIpc) is 2.40. The third-order valence-electron chi connectivity index (χ3n) is 2.35. The lowest BCUT2D eigenvalue weighted by Crippen LogP contribution is -2.41. The van der Waals surface area contributed by atoms with E-state index >= 15 is 0 Å². The van der Waals surface area contributed by atoms with Crippen LogP contribution in [0.5, 0.6) is 0 Å². The molecule has 1 aliphatic heterocycles. The Balaban J connectivity index is 2.70. The minimum atomic E-state index is -0.873. The van der Waals surface area contributed by atoms with Gasteiger partial charge in [-0.1, -0.05) is 20.3 Å². The Bertz CT molecular complexity index is 240. The Kier molecular flexibility index (Phi) is 3.63. The zero-order chi connectivity index (χ0) is 10.6. The first-order valence-corrected chi connectivity index (χ1v) is 5.13. The highest BCUT2D eigenvalue weighted by molar-refractivity contribution is 6.07. The third-order valence-corrected chi connectivity index (χ3v) is 2.35. The van der Waals surface area contributed by atoms with Gasteiger partial charge in [0, 0.05) is 6.61 Å². The number of ether oxygens (including phenoxy) is 1. The maximum atomic E-state index is 11.5. The van der Waals surface area contributed by atoms with Crippen LogP contribution in [0.1, 0.15) is 39.5 Å². The Morgan fingerprint density at radius 1 is 1.36 bits per heavy atom.